The minimum atomic E-state index is -0.207. The predicted molar refractivity (Wildman–Crippen MR) is 79.2 cm³/mol. The Morgan fingerprint density at radius 2 is 2.41 bits per heavy atom. The number of hydrogen-bond donors (Lipinski definition) is 1. The highest BCUT2D eigenvalue weighted by atomic mass is 16.5. The van der Waals surface area contributed by atoms with Gasteiger partial charge in [-0.1, -0.05) is 0 Å². The second-order valence-electron chi connectivity index (χ2n) is 5.38. The van der Waals surface area contributed by atoms with Crippen molar-refractivity contribution in [2.75, 3.05) is 13.2 Å². The van der Waals surface area contributed by atoms with E-state index in [0.717, 1.165) is 31.0 Å². The lowest BCUT2D eigenvalue weighted by Gasteiger charge is -2.20. The number of nitrogens with one attached hydrogen (secondary N) is 1. The number of amides is 1. The molecule has 0 radical (unpaired) electrons. The standard InChI is InChI=1S/C15H19N5O2/c1-20-7-5-13(19-20)15(21)17-9-12-4-6-16-14(18-12)11-3-2-8-22-10-11/h4-7,11H,2-3,8-10H2,1H3,(H,17,21)/t11-/m0/s1. The third-order valence-electron chi connectivity index (χ3n) is 3.63. The Hall–Kier alpha value is -2.28. The van der Waals surface area contributed by atoms with Crippen molar-refractivity contribution in [2.24, 2.45) is 7.05 Å². The molecule has 0 spiro atoms. The van der Waals surface area contributed by atoms with Crippen LogP contribution in [-0.4, -0.2) is 38.9 Å². The number of rotatable bonds is 4. The first kappa shape index (κ1) is 14.6. The first-order chi connectivity index (χ1) is 10.7. The lowest BCUT2D eigenvalue weighted by molar-refractivity contribution is 0.0779. The molecule has 1 atom stereocenters. The van der Waals surface area contributed by atoms with Gasteiger partial charge in [-0.15, -0.1) is 0 Å². The van der Waals surface area contributed by atoms with Crippen LogP contribution in [0.5, 0.6) is 0 Å². The van der Waals surface area contributed by atoms with Gasteiger partial charge in [0.1, 0.15) is 11.5 Å². The molecule has 1 fully saturated rings. The molecule has 3 heterocycles. The topological polar surface area (TPSA) is 81.9 Å². The quantitative estimate of drug-likeness (QED) is 0.912. The fraction of sp³-hybridized carbons (Fsp3) is 0.467. The Morgan fingerprint density at radius 3 is 3.14 bits per heavy atom. The van der Waals surface area contributed by atoms with Crippen molar-refractivity contribution in [3.05, 3.63) is 41.7 Å². The molecule has 3 rings (SSSR count). The summed E-state index contributed by atoms with van der Waals surface area (Å²) in [5.74, 6) is 0.839. The number of carbonyl (C=O) groups is 1. The molecule has 0 aliphatic carbocycles. The third-order valence-corrected chi connectivity index (χ3v) is 3.63. The zero-order valence-electron chi connectivity index (χ0n) is 12.5. The molecule has 0 unspecified atom stereocenters. The van der Waals surface area contributed by atoms with Gasteiger partial charge in [0.2, 0.25) is 0 Å². The largest absolute Gasteiger partial charge is 0.381 e. The van der Waals surface area contributed by atoms with Gasteiger partial charge in [-0.3, -0.25) is 9.48 Å². The van der Waals surface area contributed by atoms with Gasteiger partial charge >= 0.3 is 0 Å². The summed E-state index contributed by atoms with van der Waals surface area (Å²) in [5.41, 5.74) is 1.19. The van der Waals surface area contributed by atoms with Crippen molar-refractivity contribution < 1.29 is 9.53 Å². The minimum Gasteiger partial charge on any atom is -0.381 e. The van der Waals surface area contributed by atoms with Crippen molar-refractivity contribution >= 4 is 5.91 Å². The summed E-state index contributed by atoms with van der Waals surface area (Å²) in [6.45, 7) is 1.85. The van der Waals surface area contributed by atoms with Crippen molar-refractivity contribution in [1.82, 2.24) is 25.1 Å². The van der Waals surface area contributed by atoms with Crippen LogP contribution in [-0.2, 0) is 18.3 Å². The average Bonchev–Trinajstić information content (AvgIpc) is 3.00. The maximum atomic E-state index is 12.0. The summed E-state index contributed by atoms with van der Waals surface area (Å²) >= 11 is 0. The van der Waals surface area contributed by atoms with Crippen LogP contribution in [0, 0.1) is 0 Å². The van der Waals surface area contributed by atoms with E-state index < -0.39 is 0 Å². The van der Waals surface area contributed by atoms with Gasteiger partial charge in [0, 0.05) is 32.0 Å². The Kier molecular flexibility index (Phi) is 4.43. The van der Waals surface area contributed by atoms with Crippen molar-refractivity contribution in [3.8, 4) is 0 Å². The van der Waals surface area contributed by atoms with Gasteiger partial charge in [-0.25, -0.2) is 9.97 Å². The number of aryl methyl sites for hydroxylation is 1. The predicted octanol–water partition coefficient (Wildman–Crippen LogP) is 1.03. The van der Waals surface area contributed by atoms with Gasteiger partial charge in [0.05, 0.1) is 18.8 Å². The molecule has 7 heteroatoms. The molecule has 0 aromatic carbocycles. The number of ether oxygens (including phenoxy) is 1. The summed E-state index contributed by atoms with van der Waals surface area (Å²) in [5, 5.41) is 6.89. The monoisotopic (exact) mass is 301 g/mol. The molecule has 1 saturated heterocycles. The highest BCUT2D eigenvalue weighted by Crippen LogP contribution is 2.22. The first-order valence-electron chi connectivity index (χ1n) is 7.40. The number of hydrogen-bond acceptors (Lipinski definition) is 5. The van der Waals surface area contributed by atoms with Crippen LogP contribution in [0.1, 0.15) is 40.8 Å². The first-order valence-corrected chi connectivity index (χ1v) is 7.40. The molecule has 0 bridgehead atoms. The van der Waals surface area contributed by atoms with E-state index in [9.17, 15) is 4.79 Å². The Labute approximate surface area is 128 Å². The van der Waals surface area contributed by atoms with Crippen LogP contribution < -0.4 is 5.32 Å². The molecular weight excluding hydrogens is 282 g/mol. The van der Waals surface area contributed by atoms with Crippen LogP contribution >= 0.6 is 0 Å². The van der Waals surface area contributed by atoms with E-state index in [0.29, 0.717) is 18.8 Å². The maximum absolute atomic E-state index is 12.0. The average molecular weight is 301 g/mol. The zero-order valence-corrected chi connectivity index (χ0v) is 12.5. The van der Waals surface area contributed by atoms with E-state index in [-0.39, 0.29) is 11.8 Å². The molecular formula is C15H19N5O2. The van der Waals surface area contributed by atoms with Crippen LogP contribution in [0.4, 0.5) is 0 Å². The van der Waals surface area contributed by atoms with Crippen LogP contribution in [0.2, 0.25) is 0 Å². The molecule has 116 valence electrons. The van der Waals surface area contributed by atoms with E-state index >= 15 is 0 Å². The fourth-order valence-electron chi connectivity index (χ4n) is 2.45. The van der Waals surface area contributed by atoms with E-state index in [1.54, 1.807) is 30.2 Å². The van der Waals surface area contributed by atoms with E-state index in [1.807, 2.05) is 6.07 Å². The van der Waals surface area contributed by atoms with Crippen molar-refractivity contribution in [1.29, 1.82) is 0 Å². The Morgan fingerprint density at radius 1 is 1.50 bits per heavy atom. The second kappa shape index (κ2) is 6.65. The third kappa shape index (κ3) is 3.48. The highest BCUT2D eigenvalue weighted by Gasteiger charge is 2.19. The lowest BCUT2D eigenvalue weighted by Crippen LogP contribution is -2.25. The molecule has 7 nitrogen and oxygen atoms in total. The van der Waals surface area contributed by atoms with Gasteiger partial charge in [-0.05, 0) is 25.0 Å². The van der Waals surface area contributed by atoms with Crippen molar-refractivity contribution in [3.63, 3.8) is 0 Å². The Bertz CT molecular complexity index is 649. The summed E-state index contributed by atoms with van der Waals surface area (Å²) < 4.78 is 7.07. The Balaban J connectivity index is 1.61. The summed E-state index contributed by atoms with van der Waals surface area (Å²) in [4.78, 5) is 20.8. The van der Waals surface area contributed by atoms with Gasteiger partial charge in [0.25, 0.3) is 5.91 Å². The van der Waals surface area contributed by atoms with E-state index in [4.69, 9.17) is 4.74 Å². The lowest BCUT2D eigenvalue weighted by atomic mass is 10.0. The molecule has 1 amide bonds. The molecule has 2 aromatic heterocycles. The second-order valence-corrected chi connectivity index (χ2v) is 5.38. The summed E-state index contributed by atoms with van der Waals surface area (Å²) in [6, 6.07) is 3.49. The van der Waals surface area contributed by atoms with Crippen LogP contribution in [0.3, 0.4) is 0 Å². The molecule has 1 aliphatic heterocycles. The summed E-state index contributed by atoms with van der Waals surface area (Å²) in [6.07, 6.45) is 5.55. The van der Waals surface area contributed by atoms with Crippen molar-refractivity contribution in [2.45, 2.75) is 25.3 Å². The number of aromatic nitrogens is 4. The van der Waals surface area contributed by atoms with Gasteiger partial charge in [-0.2, -0.15) is 5.10 Å². The van der Waals surface area contributed by atoms with Crippen LogP contribution in [0.25, 0.3) is 0 Å². The molecule has 22 heavy (non-hydrogen) atoms. The maximum Gasteiger partial charge on any atom is 0.272 e. The van der Waals surface area contributed by atoms with Gasteiger partial charge < -0.3 is 10.1 Å². The highest BCUT2D eigenvalue weighted by molar-refractivity contribution is 5.92. The van der Waals surface area contributed by atoms with E-state index in [1.165, 1.54) is 0 Å². The SMILES string of the molecule is Cn1ccc(C(=O)NCc2ccnc([C@H]3CCCOC3)n2)n1. The fourth-order valence-corrected chi connectivity index (χ4v) is 2.45. The molecule has 1 aliphatic rings. The molecule has 1 N–H and O–H groups in total. The summed E-state index contributed by atoms with van der Waals surface area (Å²) in [7, 11) is 1.78. The number of nitrogens with zero attached hydrogens (tertiary/aromatic N) is 4. The number of carbonyl (C=O) groups excluding carboxylic acids is 1. The van der Waals surface area contributed by atoms with E-state index in [2.05, 4.69) is 20.4 Å². The molecule has 0 saturated carbocycles. The van der Waals surface area contributed by atoms with Crippen LogP contribution in [0.15, 0.2) is 24.5 Å². The van der Waals surface area contributed by atoms with Gasteiger partial charge in [0.15, 0.2) is 0 Å². The normalized spacial score (nSPS) is 18.1. The smallest absolute Gasteiger partial charge is 0.272 e. The minimum absolute atomic E-state index is 0.207. The zero-order chi connectivity index (χ0) is 15.4. The molecule has 2 aromatic rings.